The zero-order valence-corrected chi connectivity index (χ0v) is 21.9. The van der Waals surface area contributed by atoms with Crippen LogP contribution in [0, 0.1) is 5.92 Å². The lowest BCUT2D eigenvalue weighted by molar-refractivity contribution is -0.162. The second-order valence-corrected chi connectivity index (χ2v) is 9.31. The molecule has 0 radical (unpaired) electrons. The van der Waals surface area contributed by atoms with Crippen LogP contribution in [0.5, 0.6) is 5.75 Å². The lowest BCUT2D eigenvalue weighted by atomic mass is 9.88. The number of esters is 2. The summed E-state index contributed by atoms with van der Waals surface area (Å²) in [5.74, 6) is -4.92. The summed E-state index contributed by atoms with van der Waals surface area (Å²) in [6, 6.07) is 14.5. The van der Waals surface area contributed by atoms with Crippen LogP contribution >= 0.6 is 11.6 Å². The molecule has 1 heterocycles. The van der Waals surface area contributed by atoms with Crippen LogP contribution in [-0.4, -0.2) is 31.7 Å². The van der Waals surface area contributed by atoms with Crippen molar-refractivity contribution < 1.29 is 46.2 Å². The predicted octanol–water partition coefficient (Wildman–Crippen LogP) is 5.81. The highest BCUT2D eigenvalue weighted by Crippen LogP contribution is 2.51. The molecule has 0 saturated heterocycles. The number of ether oxygens (including phenoxy) is 3. The first-order valence-corrected chi connectivity index (χ1v) is 12.2. The molecule has 210 valence electrons. The molecule has 1 amide bonds. The minimum atomic E-state index is -4.81. The molecule has 0 spiro atoms. The van der Waals surface area contributed by atoms with E-state index in [1.54, 1.807) is 30.3 Å². The van der Waals surface area contributed by atoms with Gasteiger partial charge in [0.05, 0.1) is 18.4 Å². The number of hydrogen-bond donors (Lipinski definition) is 0. The maximum Gasteiger partial charge on any atom is 0.416 e. The Labute approximate surface area is 231 Å². The fourth-order valence-corrected chi connectivity index (χ4v) is 4.35. The maximum atomic E-state index is 16.8. The van der Waals surface area contributed by atoms with Gasteiger partial charge in [-0.25, -0.2) is 4.39 Å². The van der Waals surface area contributed by atoms with Crippen LogP contribution in [0.25, 0.3) is 0 Å². The Morgan fingerprint density at radius 1 is 0.975 bits per heavy atom. The van der Waals surface area contributed by atoms with E-state index >= 15 is 4.39 Å². The Morgan fingerprint density at radius 3 is 2.30 bits per heavy atom. The average Bonchev–Trinajstić information content (AvgIpc) is 3.16. The van der Waals surface area contributed by atoms with Crippen molar-refractivity contribution in [3.8, 4) is 5.75 Å². The summed E-state index contributed by atoms with van der Waals surface area (Å²) in [6.07, 6.45) is -4.81. The molecule has 2 atom stereocenters. The zero-order chi connectivity index (χ0) is 29.2. The van der Waals surface area contributed by atoms with Crippen molar-refractivity contribution in [1.82, 2.24) is 0 Å². The Balaban J connectivity index is 1.61. The minimum absolute atomic E-state index is 0.0433. The number of carbonyl (C=O) groups is 3. The predicted molar refractivity (Wildman–Crippen MR) is 135 cm³/mol. The van der Waals surface area contributed by atoms with Crippen LogP contribution in [0.3, 0.4) is 0 Å². The first kappa shape index (κ1) is 28.9. The first-order valence-electron chi connectivity index (χ1n) is 11.8. The lowest BCUT2D eigenvalue weighted by Crippen LogP contribution is -2.40. The van der Waals surface area contributed by atoms with Gasteiger partial charge < -0.3 is 14.2 Å². The van der Waals surface area contributed by atoms with Gasteiger partial charge >= 0.3 is 18.1 Å². The summed E-state index contributed by atoms with van der Waals surface area (Å²) in [4.78, 5) is 39.0. The molecule has 1 aliphatic heterocycles. The SMILES string of the molecule is COc1ccc(Cl)cc1C1(F)C(=O)N(COC(=O)C(C)C(=O)OCc2ccccc2)c2cc(C(F)(F)F)ccc21. The number of fused-ring (bicyclic) bond motifs is 1. The number of anilines is 1. The molecular formula is C28H22ClF4NO6. The lowest BCUT2D eigenvalue weighted by Gasteiger charge is -2.23. The number of amides is 1. The average molecular weight is 580 g/mol. The van der Waals surface area contributed by atoms with Crippen molar-refractivity contribution in [2.45, 2.75) is 25.4 Å². The van der Waals surface area contributed by atoms with Gasteiger partial charge in [0.15, 0.2) is 12.6 Å². The third kappa shape index (κ3) is 5.46. The van der Waals surface area contributed by atoms with Crippen molar-refractivity contribution >= 4 is 35.1 Å². The molecule has 0 fully saturated rings. The molecule has 7 nitrogen and oxygen atoms in total. The van der Waals surface area contributed by atoms with E-state index < -0.39 is 59.2 Å². The highest BCUT2D eigenvalue weighted by atomic mass is 35.5. The monoisotopic (exact) mass is 579 g/mol. The standard InChI is InChI=1S/C28H22ClF4NO6/c1-16(24(35)39-14-17-6-4-3-5-7-17)25(36)40-15-34-22-12-18(28(31,32)33)8-10-20(22)27(30,26(34)37)21-13-19(29)9-11-23(21)38-2/h3-13,16H,14-15H2,1-2H3. The van der Waals surface area contributed by atoms with Gasteiger partial charge in [0.25, 0.3) is 5.91 Å². The molecule has 40 heavy (non-hydrogen) atoms. The first-order chi connectivity index (χ1) is 18.9. The topological polar surface area (TPSA) is 82.1 Å². The molecule has 12 heteroatoms. The van der Waals surface area contributed by atoms with Gasteiger partial charge in [-0.2, -0.15) is 13.2 Å². The van der Waals surface area contributed by atoms with E-state index in [-0.39, 0.29) is 22.9 Å². The van der Waals surface area contributed by atoms with Crippen molar-refractivity contribution in [1.29, 1.82) is 0 Å². The number of alkyl halides is 4. The van der Waals surface area contributed by atoms with Crippen molar-refractivity contribution in [2.24, 2.45) is 5.92 Å². The van der Waals surface area contributed by atoms with E-state index in [9.17, 15) is 27.6 Å². The van der Waals surface area contributed by atoms with Gasteiger partial charge in [0.2, 0.25) is 5.67 Å². The molecule has 0 aromatic heterocycles. The molecule has 0 aliphatic carbocycles. The smallest absolute Gasteiger partial charge is 0.416 e. The summed E-state index contributed by atoms with van der Waals surface area (Å²) < 4.78 is 72.7. The van der Waals surface area contributed by atoms with Gasteiger partial charge in [0.1, 0.15) is 12.4 Å². The molecule has 0 bridgehead atoms. The van der Waals surface area contributed by atoms with E-state index in [0.29, 0.717) is 22.6 Å². The number of nitrogens with zero attached hydrogens (tertiary/aromatic N) is 1. The Bertz CT molecular complexity index is 1450. The molecule has 3 aromatic rings. The van der Waals surface area contributed by atoms with Gasteiger partial charge in [-0.1, -0.05) is 48.0 Å². The van der Waals surface area contributed by atoms with Gasteiger partial charge in [-0.05, 0) is 42.8 Å². The largest absolute Gasteiger partial charge is 0.496 e. The van der Waals surface area contributed by atoms with E-state index in [1.165, 1.54) is 26.2 Å². The Morgan fingerprint density at radius 2 is 1.65 bits per heavy atom. The molecule has 0 saturated carbocycles. The maximum absolute atomic E-state index is 16.8. The molecule has 3 aromatic carbocycles. The fourth-order valence-electron chi connectivity index (χ4n) is 4.17. The molecule has 2 unspecified atom stereocenters. The number of rotatable bonds is 8. The van der Waals surface area contributed by atoms with Crippen LogP contribution < -0.4 is 9.64 Å². The van der Waals surface area contributed by atoms with Crippen molar-refractivity contribution in [3.63, 3.8) is 0 Å². The molecule has 0 N–H and O–H groups in total. The van der Waals surface area contributed by atoms with E-state index in [1.807, 2.05) is 0 Å². The van der Waals surface area contributed by atoms with Gasteiger partial charge in [-0.15, -0.1) is 0 Å². The minimum Gasteiger partial charge on any atom is -0.496 e. The second kappa shape index (κ2) is 11.2. The summed E-state index contributed by atoms with van der Waals surface area (Å²) >= 11 is 6.03. The van der Waals surface area contributed by atoms with E-state index in [2.05, 4.69) is 0 Å². The number of hydrogen-bond acceptors (Lipinski definition) is 6. The van der Waals surface area contributed by atoms with Gasteiger partial charge in [-0.3, -0.25) is 19.3 Å². The molecular weight excluding hydrogens is 558 g/mol. The van der Waals surface area contributed by atoms with Crippen molar-refractivity contribution in [2.75, 3.05) is 18.7 Å². The van der Waals surface area contributed by atoms with Crippen LogP contribution in [0.1, 0.15) is 29.2 Å². The van der Waals surface area contributed by atoms with Gasteiger partial charge in [0, 0.05) is 16.1 Å². The summed E-state index contributed by atoms with van der Waals surface area (Å²) in [5.41, 5.74) is -4.76. The summed E-state index contributed by atoms with van der Waals surface area (Å²) in [6.45, 7) is 0.117. The van der Waals surface area contributed by atoms with E-state index in [4.69, 9.17) is 25.8 Å². The third-order valence-corrected chi connectivity index (χ3v) is 6.56. The second-order valence-electron chi connectivity index (χ2n) is 8.87. The highest BCUT2D eigenvalue weighted by molar-refractivity contribution is 6.30. The highest BCUT2D eigenvalue weighted by Gasteiger charge is 2.55. The van der Waals surface area contributed by atoms with Crippen LogP contribution in [0.4, 0.5) is 23.2 Å². The molecule has 1 aliphatic rings. The fraction of sp³-hybridized carbons (Fsp3) is 0.250. The van der Waals surface area contributed by atoms with Crippen LogP contribution in [0.2, 0.25) is 5.02 Å². The normalized spacial score (nSPS) is 17.3. The number of halogens is 5. The zero-order valence-electron chi connectivity index (χ0n) is 21.1. The Kier molecular flexibility index (Phi) is 8.06. The van der Waals surface area contributed by atoms with Crippen LogP contribution in [-0.2, 0) is 42.3 Å². The van der Waals surface area contributed by atoms with Crippen LogP contribution in [0.15, 0.2) is 66.7 Å². The molecule has 4 rings (SSSR count). The number of methoxy groups -OCH3 is 1. The quantitative estimate of drug-likeness (QED) is 0.190. The van der Waals surface area contributed by atoms with Crippen molar-refractivity contribution in [3.05, 3.63) is 94.0 Å². The number of carbonyl (C=O) groups excluding carboxylic acids is 3. The number of benzene rings is 3. The summed E-state index contributed by atoms with van der Waals surface area (Å²) in [7, 11) is 1.22. The third-order valence-electron chi connectivity index (χ3n) is 6.33. The summed E-state index contributed by atoms with van der Waals surface area (Å²) in [5, 5.41) is 0.0433. The van der Waals surface area contributed by atoms with E-state index in [0.717, 1.165) is 12.1 Å². The Hall–Kier alpha value is -4.12.